The zero-order valence-corrected chi connectivity index (χ0v) is 11.5. The lowest BCUT2D eigenvalue weighted by molar-refractivity contribution is 0.0526. The maximum Gasteiger partial charge on any atom is 0.341 e. The number of esters is 1. The Morgan fingerprint density at radius 3 is 2.89 bits per heavy atom. The van der Waals surface area contributed by atoms with Crippen molar-refractivity contribution in [1.82, 2.24) is 19.6 Å². The molecule has 0 radical (unpaired) electrons. The third kappa shape index (κ3) is 3.01. The van der Waals surface area contributed by atoms with E-state index < -0.39 is 0 Å². The van der Waals surface area contributed by atoms with Crippen LogP contribution in [0.1, 0.15) is 35.6 Å². The summed E-state index contributed by atoms with van der Waals surface area (Å²) in [5, 5.41) is 8.55. The molecule has 6 nitrogen and oxygen atoms in total. The first kappa shape index (κ1) is 13.3. The van der Waals surface area contributed by atoms with E-state index in [0.29, 0.717) is 18.7 Å². The van der Waals surface area contributed by atoms with Crippen LogP contribution in [-0.2, 0) is 17.8 Å². The Balaban J connectivity index is 2.13. The second-order valence-corrected chi connectivity index (χ2v) is 4.24. The van der Waals surface area contributed by atoms with Gasteiger partial charge in [-0.3, -0.25) is 9.36 Å². The largest absolute Gasteiger partial charge is 0.462 e. The monoisotopic (exact) mass is 262 g/mol. The van der Waals surface area contributed by atoms with Gasteiger partial charge in [0.15, 0.2) is 0 Å². The van der Waals surface area contributed by atoms with Crippen molar-refractivity contribution in [1.29, 1.82) is 0 Å². The van der Waals surface area contributed by atoms with Crippen molar-refractivity contribution in [3.8, 4) is 0 Å². The van der Waals surface area contributed by atoms with Crippen molar-refractivity contribution in [3.63, 3.8) is 0 Å². The first-order valence-corrected chi connectivity index (χ1v) is 6.37. The van der Waals surface area contributed by atoms with Crippen LogP contribution in [0.4, 0.5) is 0 Å². The predicted molar refractivity (Wildman–Crippen MR) is 69.9 cm³/mol. The molecular weight excluding hydrogens is 244 g/mol. The van der Waals surface area contributed by atoms with Crippen LogP contribution in [0.3, 0.4) is 0 Å². The number of hydrogen-bond donors (Lipinski definition) is 0. The van der Waals surface area contributed by atoms with E-state index >= 15 is 0 Å². The minimum atomic E-state index is -0.339. The van der Waals surface area contributed by atoms with Gasteiger partial charge in [0.05, 0.1) is 36.3 Å². The van der Waals surface area contributed by atoms with E-state index in [1.807, 2.05) is 24.6 Å². The Hall–Kier alpha value is -2.11. The standard InChI is InChI=1S/C13H18N4O2/c1-4-17-12(6-10(3)15-17)9-16-8-11(7-14-16)13(18)19-5-2/h6-8H,4-5,9H2,1-3H3. The highest BCUT2D eigenvalue weighted by molar-refractivity contribution is 5.88. The second-order valence-electron chi connectivity index (χ2n) is 4.24. The molecule has 0 aliphatic heterocycles. The predicted octanol–water partition coefficient (Wildman–Crippen LogP) is 1.63. The molecule has 2 heterocycles. The van der Waals surface area contributed by atoms with E-state index in [9.17, 15) is 4.79 Å². The summed E-state index contributed by atoms with van der Waals surface area (Å²) in [6, 6.07) is 2.02. The van der Waals surface area contributed by atoms with Crippen LogP contribution in [0, 0.1) is 6.92 Å². The lowest BCUT2D eigenvalue weighted by Gasteiger charge is -2.04. The van der Waals surface area contributed by atoms with E-state index in [0.717, 1.165) is 17.9 Å². The van der Waals surface area contributed by atoms with Crippen molar-refractivity contribution in [3.05, 3.63) is 35.4 Å². The molecule has 0 unspecified atom stereocenters. The molecule has 0 spiro atoms. The Bertz CT molecular complexity index is 571. The topological polar surface area (TPSA) is 61.9 Å². The molecule has 2 aromatic heterocycles. The van der Waals surface area contributed by atoms with E-state index in [1.165, 1.54) is 6.20 Å². The molecule has 0 aliphatic carbocycles. The molecule has 0 aliphatic rings. The molecule has 0 N–H and O–H groups in total. The molecule has 0 saturated heterocycles. The molecule has 102 valence electrons. The van der Waals surface area contributed by atoms with E-state index in [-0.39, 0.29) is 5.97 Å². The smallest absolute Gasteiger partial charge is 0.341 e. The summed E-state index contributed by atoms with van der Waals surface area (Å²) in [7, 11) is 0. The molecule has 0 fully saturated rings. The number of hydrogen-bond acceptors (Lipinski definition) is 4. The third-order valence-electron chi connectivity index (χ3n) is 2.75. The number of carbonyl (C=O) groups excluding carboxylic acids is 1. The molecule has 2 aromatic rings. The fourth-order valence-corrected chi connectivity index (χ4v) is 1.94. The first-order valence-electron chi connectivity index (χ1n) is 6.37. The SMILES string of the molecule is CCOC(=O)c1cnn(Cc2cc(C)nn2CC)c1. The summed E-state index contributed by atoms with van der Waals surface area (Å²) < 4.78 is 8.58. The molecule has 0 saturated carbocycles. The van der Waals surface area contributed by atoms with Crippen LogP contribution in [0.15, 0.2) is 18.5 Å². The van der Waals surface area contributed by atoms with Gasteiger partial charge >= 0.3 is 5.97 Å². The lowest BCUT2D eigenvalue weighted by atomic mass is 10.3. The summed E-state index contributed by atoms with van der Waals surface area (Å²) in [5.74, 6) is -0.339. The highest BCUT2D eigenvalue weighted by Gasteiger charge is 2.11. The van der Waals surface area contributed by atoms with E-state index in [2.05, 4.69) is 10.2 Å². The molecule has 6 heteroatoms. The van der Waals surface area contributed by atoms with Gasteiger partial charge in [-0.15, -0.1) is 0 Å². The Labute approximate surface area is 112 Å². The molecule has 0 amide bonds. The Morgan fingerprint density at radius 2 is 2.21 bits per heavy atom. The van der Waals surface area contributed by atoms with Crippen molar-refractivity contribution in [2.75, 3.05) is 6.61 Å². The third-order valence-corrected chi connectivity index (χ3v) is 2.75. The van der Waals surface area contributed by atoms with Gasteiger partial charge in [-0.1, -0.05) is 0 Å². The van der Waals surface area contributed by atoms with Gasteiger partial charge in [-0.05, 0) is 26.8 Å². The van der Waals surface area contributed by atoms with Crippen molar-refractivity contribution < 1.29 is 9.53 Å². The lowest BCUT2D eigenvalue weighted by Crippen LogP contribution is -2.08. The van der Waals surface area contributed by atoms with E-state index in [4.69, 9.17) is 4.74 Å². The fraction of sp³-hybridized carbons (Fsp3) is 0.462. The van der Waals surface area contributed by atoms with Crippen LogP contribution in [0.5, 0.6) is 0 Å². The normalized spacial score (nSPS) is 10.7. The van der Waals surface area contributed by atoms with Gasteiger partial charge in [0.25, 0.3) is 0 Å². The van der Waals surface area contributed by atoms with Gasteiger partial charge in [-0.25, -0.2) is 4.79 Å². The Kier molecular flexibility index (Phi) is 3.99. The minimum absolute atomic E-state index is 0.339. The van der Waals surface area contributed by atoms with Gasteiger partial charge in [0.2, 0.25) is 0 Å². The van der Waals surface area contributed by atoms with Crippen molar-refractivity contribution in [2.45, 2.75) is 33.9 Å². The number of aromatic nitrogens is 4. The molecule has 19 heavy (non-hydrogen) atoms. The number of rotatable bonds is 5. The van der Waals surface area contributed by atoms with Crippen LogP contribution in [0.25, 0.3) is 0 Å². The van der Waals surface area contributed by atoms with Gasteiger partial charge in [0.1, 0.15) is 0 Å². The number of ether oxygens (including phenoxy) is 1. The highest BCUT2D eigenvalue weighted by Crippen LogP contribution is 2.07. The highest BCUT2D eigenvalue weighted by atomic mass is 16.5. The minimum Gasteiger partial charge on any atom is -0.462 e. The zero-order chi connectivity index (χ0) is 13.8. The molecule has 0 atom stereocenters. The fourth-order valence-electron chi connectivity index (χ4n) is 1.94. The van der Waals surface area contributed by atoms with Crippen molar-refractivity contribution in [2.24, 2.45) is 0 Å². The summed E-state index contributed by atoms with van der Waals surface area (Å²) in [6.45, 7) is 7.56. The molecule has 2 rings (SSSR count). The van der Waals surface area contributed by atoms with Crippen molar-refractivity contribution >= 4 is 5.97 Å². The maximum atomic E-state index is 11.5. The van der Waals surface area contributed by atoms with Gasteiger partial charge in [-0.2, -0.15) is 10.2 Å². The summed E-state index contributed by atoms with van der Waals surface area (Å²) >= 11 is 0. The average molecular weight is 262 g/mol. The number of aryl methyl sites for hydroxylation is 2. The van der Waals surface area contributed by atoms with E-state index in [1.54, 1.807) is 17.8 Å². The van der Waals surface area contributed by atoms with Crippen LogP contribution in [0.2, 0.25) is 0 Å². The second kappa shape index (κ2) is 5.69. The van der Waals surface area contributed by atoms with Gasteiger partial charge < -0.3 is 4.74 Å². The Morgan fingerprint density at radius 1 is 1.42 bits per heavy atom. The van der Waals surface area contributed by atoms with Gasteiger partial charge in [0, 0.05) is 12.7 Å². The number of carbonyl (C=O) groups is 1. The average Bonchev–Trinajstić information content (AvgIpc) is 2.97. The maximum absolute atomic E-state index is 11.5. The summed E-state index contributed by atoms with van der Waals surface area (Å²) in [6.07, 6.45) is 3.22. The van der Waals surface area contributed by atoms with Crippen LogP contribution < -0.4 is 0 Å². The zero-order valence-electron chi connectivity index (χ0n) is 11.5. The summed E-state index contributed by atoms with van der Waals surface area (Å²) in [5.41, 5.74) is 2.52. The first-order chi connectivity index (χ1) is 9.13. The molecule has 0 aromatic carbocycles. The van der Waals surface area contributed by atoms with Crippen LogP contribution in [-0.4, -0.2) is 32.1 Å². The quantitative estimate of drug-likeness (QED) is 0.768. The summed E-state index contributed by atoms with van der Waals surface area (Å²) in [4.78, 5) is 11.5. The molecule has 0 bridgehead atoms. The van der Waals surface area contributed by atoms with Crippen LogP contribution >= 0.6 is 0 Å². The number of nitrogens with zero attached hydrogens (tertiary/aromatic N) is 4. The molecular formula is C13H18N4O2.